The topological polar surface area (TPSA) is 25.2 Å². The highest BCUT2D eigenvalue weighted by Gasteiger charge is 2.20. The third kappa shape index (κ3) is 3.85. The van der Waals surface area contributed by atoms with Crippen molar-refractivity contribution < 1.29 is 4.42 Å². The fourth-order valence-corrected chi connectivity index (χ4v) is 3.09. The number of hydrogen-bond donors (Lipinski definition) is 1. The smallest absolute Gasteiger partial charge is 0.131 e. The maximum absolute atomic E-state index is 5.41. The molecule has 1 N–H and O–H groups in total. The Balaban J connectivity index is 1.70. The normalized spacial score (nSPS) is 25.1. The van der Waals surface area contributed by atoms with E-state index in [0.717, 1.165) is 22.7 Å². The molecule has 0 aliphatic heterocycles. The Bertz CT molecular complexity index is 329. The highest BCUT2D eigenvalue weighted by atomic mass is 79.9. The molecule has 17 heavy (non-hydrogen) atoms. The Morgan fingerprint density at radius 1 is 1.35 bits per heavy atom. The molecule has 0 atom stereocenters. The summed E-state index contributed by atoms with van der Waals surface area (Å²) in [5, 5.41) is 3.60. The van der Waals surface area contributed by atoms with Crippen molar-refractivity contribution in [3.05, 3.63) is 22.6 Å². The van der Waals surface area contributed by atoms with E-state index in [4.69, 9.17) is 4.42 Å². The molecule has 1 aliphatic carbocycles. The Morgan fingerprint density at radius 2 is 2.12 bits per heavy atom. The summed E-state index contributed by atoms with van der Waals surface area (Å²) in [7, 11) is 0. The molecule has 3 heteroatoms. The van der Waals surface area contributed by atoms with Gasteiger partial charge in [0.2, 0.25) is 0 Å². The van der Waals surface area contributed by atoms with Gasteiger partial charge in [-0.1, -0.05) is 19.8 Å². The first-order valence-electron chi connectivity index (χ1n) is 6.74. The third-order valence-electron chi connectivity index (χ3n) is 3.79. The largest absolute Gasteiger partial charge is 0.467 e. The van der Waals surface area contributed by atoms with Crippen LogP contribution in [0.3, 0.4) is 0 Å². The standard InChI is InChI=1S/C14H22BrNO/c1-2-3-11-4-6-12(7-5-11)16-10-14-13(15)8-9-17-14/h8-9,11-12,16H,2-7,10H2,1H3. The number of hydrogen-bond acceptors (Lipinski definition) is 2. The fourth-order valence-electron chi connectivity index (χ4n) is 2.75. The Hall–Kier alpha value is -0.280. The Kier molecular flexibility index (Phi) is 5.11. The first-order valence-corrected chi connectivity index (χ1v) is 7.54. The van der Waals surface area contributed by atoms with E-state index in [1.165, 1.54) is 38.5 Å². The van der Waals surface area contributed by atoms with Gasteiger partial charge >= 0.3 is 0 Å². The van der Waals surface area contributed by atoms with Crippen LogP contribution in [-0.2, 0) is 6.54 Å². The monoisotopic (exact) mass is 299 g/mol. The molecular weight excluding hydrogens is 278 g/mol. The minimum Gasteiger partial charge on any atom is -0.467 e. The minimum atomic E-state index is 0.681. The molecule has 1 saturated carbocycles. The molecule has 0 unspecified atom stereocenters. The van der Waals surface area contributed by atoms with Crippen LogP contribution in [-0.4, -0.2) is 6.04 Å². The fraction of sp³-hybridized carbons (Fsp3) is 0.714. The van der Waals surface area contributed by atoms with Crippen LogP contribution in [0.2, 0.25) is 0 Å². The van der Waals surface area contributed by atoms with Crippen molar-refractivity contribution in [2.75, 3.05) is 0 Å². The van der Waals surface area contributed by atoms with Crippen LogP contribution in [0.25, 0.3) is 0 Å². The first kappa shape index (κ1) is 13.2. The van der Waals surface area contributed by atoms with Gasteiger partial charge in [0, 0.05) is 6.04 Å². The van der Waals surface area contributed by atoms with E-state index < -0.39 is 0 Å². The molecule has 96 valence electrons. The van der Waals surface area contributed by atoms with E-state index in [9.17, 15) is 0 Å². The molecule has 0 amide bonds. The Morgan fingerprint density at radius 3 is 2.71 bits per heavy atom. The van der Waals surface area contributed by atoms with Crippen LogP contribution >= 0.6 is 15.9 Å². The lowest BCUT2D eigenvalue weighted by molar-refractivity contribution is 0.273. The second kappa shape index (κ2) is 6.60. The lowest BCUT2D eigenvalue weighted by Crippen LogP contribution is -2.32. The summed E-state index contributed by atoms with van der Waals surface area (Å²) in [4.78, 5) is 0. The number of rotatable bonds is 5. The average molecular weight is 300 g/mol. The summed E-state index contributed by atoms with van der Waals surface area (Å²) < 4.78 is 6.48. The van der Waals surface area contributed by atoms with Gasteiger partial charge in [0.1, 0.15) is 5.76 Å². The molecule has 0 aromatic carbocycles. The van der Waals surface area contributed by atoms with Crippen LogP contribution in [0.15, 0.2) is 21.2 Å². The van der Waals surface area contributed by atoms with Crippen LogP contribution < -0.4 is 5.32 Å². The number of nitrogens with one attached hydrogen (secondary N) is 1. The van der Waals surface area contributed by atoms with Gasteiger partial charge in [-0.15, -0.1) is 0 Å². The molecule has 2 nitrogen and oxygen atoms in total. The highest BCUT2D eigenvalue weighted by Crippen LogP contribution is 2.28. The van der Waals surface area contributed by atoms with E-state index >= 15 is 0 Å². The van der Waals surface area contributed by atoms with Crippen molar-refractivity contribution in [2.45, 2.75) is 58.0 Å². The molecular formula is C14H22BrNO. The number of furan rings is 1. The van der Waals surface area contributed by atoms with Crippen molar-refractivity contribution >= 4 is 15.9 Å². The predicted molar refractivity (Wildman–Crippen MR) is 73.9 cm³/mol. The van der Waals surface area contributed by atoms with E-state index in [0.29, 0.717) is 6.04 Å². The summed E-state index contributed by atoms with van der Waals surface area (Å²) in [5.41, 5.74) is 0. The van der Waals surface area contributed by atoms with Gasteiger partial charge in [0.05, 0.1) is 17.3 Å². The van der Waals surface area contributed by atoms with Crippen LogP contribution in [0.5, 0.6) is 0 Å². The van der Waals surface area contributed by atoms with E-state index in [-0.39, 0.29) is 0 Å². The molecule has 0 radical (unpaired) electrons. The minimum absolute atomic E-state index is 0.681. The molecule has 1 aromatic heterocycles. The van der Waals surface area contributed by atoms with Gasteiger partial charge in [-0.05, 0) is 53.6 Å². The summed E-state index contributed by atoms with van der Waals surface area (Å²) in [5.74, 6) is 1.99. The van der Waals surface area contributed by atoms with Gasteiger partial charge in [-0.2, -0.15) is 0 Å². The lowest BCUT2D eigenvalue weighted by Gasteiger charge is -2.28. The van der Waals surface area contributed by atoms with Crippen molar-refractivity contribution in [1.29, 1.82) is 0 Å². The van der Waals surface area contributed by atoms with Crippen molar-refractivity contribution in [3.63, 3.8) is 0 Å². The number of halogens is 1. The summed E-state index contributed by atoms with van der Waals surface area (Å²) in [6.45, 7) is 3.13. The van der Waals surface area contributed by atoms with Gasteiger partial charge in [0.25, 0.3) is 0 Å². The molecule has 0 saturated heterocycles. The summed E-state index contributed by atoms with van der Waals surface area (Å²) in [6, 6.07) is 2.63. The molecule has 1 aromatic rings. The second-order valence-electron chi connectivity index (χ2n) is 5.08. The first-order chi connectivity index (χ1) is 8.29. The average Bonchev–Trinajstić information content (AvgIpc) is 2.75. The van der Waals surface area contributed by atoms with E-state index in [1.54, 1.807) is 6.26 Å². The zero-order valence-corrected chi connectivity index (χ0v) is 12.1. The quantitative estimate of drug-likeness (QED) is 0.866. The van der Waals surface area contributed by atoms with Gasteiger partial charge in [-0.25, -0.2) is 0 Å². The van der Waals surface area contributed by atoms with Crippen LogP contribution in [0, 0.1) is 5.92 Å². The summed E-state index contributed by atoms with van der Waals surface area (Å²) in [6.07, 6.45) is 9.92. The zero-order chi connectivity index (χ0) is 12.1. The Labute approximate surface area is 112 Å². The molecule has 0 spiro atoms. The highest BCUT2D eigenvalue weighted by molar-refractivity contribution is 9.10. The molecule has 1 heterocycles. The van der Waals surface area contributed by atoms with Crippen molar-refractivity contribution in [3.8, 4) is 0 Å². The van der Waals surface area contributed by atoms with Gasteiger partial charge in [-0.3, -0.25) is 0 Å². The van der Waals surface area contributed by atoms with Gasteiger partial charge in [0.15, 0.2) is 0 Å². The third-order valence-corrected chi connectivity index (χ3v) is 4.49. The maximum atomic E-state index is 5.41. The summed E-state index contributed by atoms with van der Waals surface area (Å²) >= 11 is 3.49. The molecule has 1 fully saturated rings. The van der Waals surface area contributed by atoms with E-state index in [1.807, 2.05) is 6.07 Å². The van der Waals surface area contributed by atoms with Crippen molar-refractivity contribution in [1.82, 2.24) is 5.32 Å². The predicted octanol–water partition coefficient (Wildman–Crippen LogP) is 4.49. The van der Waals surface area contributed by atoms with E-state index in [2.05, 4.69) is 28.2 Å². The van der Waals surface area contributed by atoms with Crippen LogP contribution in [0.1, 0.15) is 51.2 Å². The van der Waals surface area contributed by atoms with Crippen LogP contribution in [0.4, 0.5) is 0 Å². The lowest BCUT2D eigenvalue weighted by atomic mass is 9.83. The molecule has 1 aliphatic rings. The maximum Gasteiger partial charge on any atom is 0.131 e. The SMILES string of the molecule is CCCC1CCC(NCc2occc2Br)CC1. The van der Waals surface area contributed by atoms with Crippen molar-refractivity contribution in [2.24, 2.45) is 5.92 Å². The second-order valence-corrected chi connectivity index (χ2v) is 5.93. The molecule has 2 rings (SSSR count). The van der Waals surface area contributed by atoms with Gasteiger partial charge < -0.3 is 9.73 Å². The molecule has 0 bridgehead atoms. The zero-order valence-electron chi connectivity index (χ0n) is 10.5.